The first-order valence-corrected chi connectivity index (χ1v) is 6.47. The number of nitrogens with zero attached hydrogens (tertiary/aromatic N) is 1. The van der Waals surface area contributed by atoms with E-state index in [1.165, 1.54) is 0 Å². The standard InChI is InChI=1S/C13H20F3N3O/c1-4-12(3,20)8-18-11-7-9(13(14,15)16)6-10(19-11)17-5-2/h6-7,20H,4-5,8H2,1-3H3,(H2,17,18,19). The second-order valence-electron chi connectivity index (χ2n) is 4.86. The number of hydrogen-bond acceptors (Lipinski definition) is 4. The summed E-state index contributed by atoms with van der Waals surface area (Å²) >= 11 is 0. The predicted molar refractivity (Wildman–Crippen MR) is 72.8 cm³/mol. The maximum Gasteiger partial charge on any atom is 0.416 e. The summed E-state index contributed by atoms with van der Waals surface area (Å²) in [6.07, 6.45) is -3.95. The van der Waals surface area contributed by atoms with Crippen LogP contribution in [0.5, 0.6) is 0 Å². The first kappa shape index (κ1) is 16.6. The highest BCUT2D eigenvalue weighted by Crippen LogP contribution is 2.32. The van der Waals surface area contributed by atoms with Crippen LogP contribution in [0.3, 0.4) is 0 Å². The molecule has 0 aliphatic rings. The van der Waals surface area contributed by atoms with E-state index in [1.807, 2.05) is 0 Å². The smallest absolute Gasteiger partial charge is 0.388 e. The third kappa shape index (κ3) is 4.88. The summed E-state index contributed by atoms with van der Waals surface area (Å²) < 4.78 is 38.4. The lowest BCUT2D eigenvalue weighted by atomic mass is 10.0. The molecule has 7 heteroatoms. The lowest BCUT2D eigenvalue weighted by Gasteiger charge is -2.22. The first-order chi connectivity index (χ1) is 9.18. The molecule has 0 saturated carbocycles. The van der Waals surface area contributed by atoms with Gasteiger partial charge in [0.05, 0.1) is 11.2 Å². The van der Waals surface area contributed by atoms with Gasteiger partial charge in [0.15, 0.2) is 0 Å². The lowest BCUT2D eigenvalue weighted by Crippen LogP contribution is -2.32. The summed E-state index contributed by atoms with van der Waals surface area (Å²) in [5.74, 6) is 0.241. The fourth-order valence-electron chi connectivity index (χ4n) is 1.46. The fourth-order valence-corrected chi connectivity index (χ4v) is 1.46. The van der Waals surface area contributed by atoms with Crippen LogP contribution in [0.25, 0.3) is 0 Å². The van der Waals surface area contributed by atoms with Crippen molar-refractivity contribution in [1.29, 1.82) is 0 Å². The van der Waals surface area contributed by atoms with Crippen molar-refractivity contribution < 1.29 is 18.3 Å². The van der Waals surface area contributed by atoms with Gasteiger partial charge in [0.2, 0.25) is 0 Å². The van der Waals surface area contributed by atoms with Crippen molar-refractivity contribution in [2.24, 2.45) is 0 Å². The molecule has 1 rings (SSSR count). The van der Waals surface area contributed by atoms with Crippen LogP contribution in [-0.2, 0) is 6.18 Å². The second-order valence-corrected chi connectivity index (χ2v) is 4.86. The number of rotatable bonds is 6. The number of aliphatic hydroxyl groups is 1. The van der Waals surface area contributed by atoms with Gasteiger partial charge in [-0.3, -0.25) is 0 Å². The highest BCUT2D eigenvalue weighted by atomic mass is 19.4. The summed E-state index contributed by atoms with van der Waals surface area (Å²) in [7, 11) is 0. The topological polar surface area (TPSA) is 57.2 Å². The Hall–Kier alpha value is -1.50. The molecule has 0 aliphatic heterocycles. The molecule has 1 heterocycles. The van der Waals surface area contributed by atoms with Crippen LogP contribution in [-0.4, -0.2) is 28.8 Å². The number of halogens is 3. The van der Waals surface area contributed by atoms with Gasteiger partial charge in [0.25, 0.3) is 0 Å². The molecule has 0 amide bonds. The summed E-state index contributed by atoms with van der Waals surface area (Å²) in [5.41, 5.74) is -1.77. The van der Waals surface area contributed by atoms with Gasteiger partial charge in [-0.15, -0.1) is 0 Å². The Bertz CT molecular complexity index is 447. The van der Waals surface area contributed by atoms with Crippen molar-refractivity contribution in [1.82, 2.24) is 4.98 Å². The van der Waals surface area contributed by atoms with Gasteiger partial charge in [-0.1, -0.05) is 6.92 Å². The zero-order valence-electron chi connectivity index (χ0n) is 11.8. The molecule has 3 N–H and O–H groups in total. The molecule has 1 atom stereocenters. The van der Waals surface area contributed by atoms with Crippen LogP contribution in [0, 0.1) is 0 Å². The molecule has 1 aromatic rings. The quantitative estimate of drug-likeness (QED) is 0.754. The second kappa shape index (κ2) is 6.30. The molecule has 1 unspecified atom stereocenters. The van der Waals surface area contributed by atoms with Gasteiger partial charge in [0.1, 0.15) is 11.6 Å². The minimum atomic E-state index is -4.43. The van der Waals surface area contributed by atoms with Crippen molar-refractivity contribution in [3.63, 3.8) is 0 Å². The number of aromatic nitrogens is 1. The van der Waals surface area contributed by atoms with Crippen molar-refractivity contribution >= 4 is 11.6 Å². The van der Waals surface area contributed by atoms with E-state index in [4.69, 9.17) is 0 Å². The molecule has 0 saturated heterocycles. The molecule has 4 nitrogen and oxygen atoms in total. The van der Waals surface area contributed by atoms with Crippen molar-refractivity contribution in [3.05, 3.63) is 17.7 Å². The van der Waals surface area contributed by atoms with Crippen LogP contribution in [0.1, 0.15) is 32.8 Å². The van der Waals surface area contributed by atoms with Gasteiger partial charge in [-0.05, 0) is 32.4 Å². The Morgan fingerprint density at radius 2 is 1.70 bits per heavy atom. The molecule has 20 heavy (non-hydrogen) atoms. The molecule has 114 valence electrons. The van der Waals surface area contributed by atoms with E-state index < -0.39 is 17.3 Å². The van der Waals surface area contributed by atoms with Gasteiger partial charge < -0.3 is 15.7 Å². The third-order valence-corrected chi connectivity index (χ3v) is 2.92. The van der Waals surface area contributed by atoms with Crippen LogP contribution >= 0.6 is 0 Å². The van der Waals surface area contributed by atoms with E-state index in [2.05, 4.69) is 15.6 Å². The largest absolute Gasteiger partial charge is 0.416 e. The molecule has 0 aliphatic carbocycles. The minimum absolute atomic E-state index is 0.0875. The number of hydrogen-bond donors (Lipinski definition) is 3. The average Bonchev–Trinajstić information content (AvgIpc) is 2.36. The van der Waals surface area contributed by atoms with E-state index in [0.29, 0.717) is 13.0 Å². The number of anilines is 2. The summed E-state index contributed by atoms with van der Waals surface area (Å²) in [4.78, 5) is 4.04. The molecular formula is C13H20F3N3O. The Balaban J connectivity index is 2.97. The highest BCUT2D eigenvalue weighted by molar-refractivity contribution is 5.49. The zero-order valence-corrected chi connectivity index (χ0v) is 11.8. The Morgan fingerprint density at radius 3 is 2.15 bits per heavy atom. The maximum absolute atomic E-state index is 12.8. The fraction of sp³-hybridized carbons (Fsp3) is 0.615. The van der Waals surface area contributed by atoms with E-state index in [9.17, 15) is 18.3 Å². The molecule has 0 radical (unpaired) electrons. The summed E-state index contributed by atoms with van der Waals surface area (Å²) in [6.45, 7) is 5.78. The first-order valence-electron chi connectivity index (χ1n) is 6.47. The van der Waals surface area contributed by atoms with Gasteiger partial charge in [-0.2, -0.15) is 13.2 Å². The summed E-state index contributed by atoms with van der Waals surface area (Å²) in [6, 6.07) is 1.90. The zero-order chi connectivity index (χ0) is 15.4. The highest BCUT2D eigenvalue weighted by Gasteiger charge is 2.31. The average molecular weight is 291 g/mol. The van der Waals surface area contributed by atoms with Gasteiger partial charge >= 0.3 is 6.18 Å². The predicted octanol–water partition coefficient (Wildman–Crippen LogP) is 3.11. The molecule has 0 aromatic carbocycles. The molecule has 0 spiro atoms. The number of nitrogens with one attached hydrogen (secondary N) is 2. The lowest BCUT2D eigenvalue weighted by molar-refractivity contribution is -0.137. The minimum Gasteiger partial charge on any atom is -0.388 e. The van der Waals surface area contributed by atoms with E-state index in [0.717, 1.165) is 12.1 Å². The van der Waals surface area contributed by atoms with E-state index >= 15 is 0 Å². The number of alkyl halides is 3. The Labute approximate surface area is 116 Å². The van der Waals surface area contributed by atoms with E-state index in [1.54, 1.807) is 20.8 Å². The van der Waals surface area contributed by atoms with Gasteiger partial charge in [-0.25, -0.2) is 4.98 Å². The van der Waals surface area contributed by atoms with Crippen LogP contribution in [0.2, 0.25) is 0 Å². The van der Waals surface area contributed by atoms with Crippen LogP contribution in [0.15, 0.2) is 12.1 Å². The maximum atomic E-state index is 12.8. The SMILES string of the molecule is CCNc1cc(C(F)(F)F)cc(NCC(C)(O)CC)n1. The third-order valence-electron chi connectivity index (χ3n) is 2.92. The molecule has 0 bridgehead atoms. The van der Waals surface area contributed by atoms with Crippen molar-refractivity contribution in [2.45, 2.75) is 39.0 Å². The Morgan fingerprint density at radius 1 is 1.15 bits per heavy atom. The summed E-state index contributed by atoms with van der Waals surface area (Å²) in [5, 5.41) is 15.4. The van der Waals surface area contributed by atoms with Crippen molar-refractivity contribution in [2.75, 3.05) is 23.7 Å². The molecule has 1 aromatic heterocycles. The monoisotopic (exact) mass is 291 g/mol. The normalized spacial score (nSPS) is 14.8. The van der Waals surface area contributed by atoms with Gasteiger partial charge in [0, 0.05) is 13.1 Å². The number of pyridine rings is 1. The van der Waals surface area contributed by atoms with E-state index in [-0.39, 0.29) is 18.2 Å². The van der Waals surface area contributed by atoms with Crippen LogP contribution < -0.4 is 10.6 Å². The van der Waals surface area contributed by atoms with Crippen molar-refractivity contribution in [3.8, 4) is 0 Å². The van der Waals surface area contributed by atoms with Crippen LogP contribution in [0.4, 0.5) is 24.8 Å². The molecule has 0 fully saturated rings. The molecular weight excluding hydrogens is 271 g/mol. The Kier molecular flexibility index (Phi) is 5.21.